The molecule has 11 nitrogen and oxygen atoms in total. The summed E-state index contributed by atoms with van der Waals surface area (Å²) in [6.07, 6.45) is 9.99. The second-order valence-electron chi connectivity index (χ2n) is 13.7. The van der Waals surface area contributed by atoms with Crippen molar-refractivity contribution in [3.63, 3.8) is 0 Å². The van der Waals surface area contributed by atoms with Crippen LogP contribution in [-0.2, 0) is 0 Å². The average Bonchev–Trinajstić information content (AvgIpc) is 3.88. The van der Waals surface area contributed by atoms with Crippen LogP contribution in [0.1, 0.15) is 37.1 Å². The van der Waals surface area contributed by atoms with Crippen molar-refractivity contribution in [1.82, 2.24) is 39.4 Å². The van der Waals surface area contributed by atoms with Crippen molar-refractivity contribution in [2.45, 2.75) is 38.6 Å². The van der Waals surface area contributed by atoms with Gasteiger partial charge in [0.25, 0.3) is 0 Å². The summed E-state index contributed by atoms with van der Waals surface area (Å²) < 4.78 is 2.58. The van der Waals surface area contributed by atoms with Gasteiger partial charge in [-0.25, -0.2) is 9.97 Å². The normalized spacial score (nSPS) is 24.6. The molecule has 4 aliphatic rings. The Bertz CT molecular complexity index is 1700. The van der Waals surface area contributed by atoms with E-state index in [1.165, 1.54) is 44.5 Å². The van der Waals surface area contributed by atoms with Crippen LogP contribution in [0.3, 0.4) is 0 Å². The highest BCUT2D eigenvalue weighted by molar-refractivity contribution is 7.17. The summed E-state index contributed by atoms with van der Waals surface area (Å²) in [5.74, 6) is 3.99. The standard InChI is InChI=1S/C34H45N11S/c1-23-22-46-31-30(23)37-29(4-3-11-42-14-12-41(2)13-15-42)38-32(31)45-33(35)39-34(40-45)36-26-7-9-27(10-8-26)43-16-18-44(19-17-43)28-21-24-5-6-25(28)20-24/h3-4,7-10,22,24-25,28H,5-6,11-21H2,1-2H3,(H3,35,36,39,40)/b4-3+/t24?,25?,28-/m0/s1. The van der Waals surface area contributed by atoms with Crippen molar-refractivity contribution < 1.29 is 0 Å². The van der Waals surface area contributed by atoms with Gasteiger partial charge in [0.1, 0.15) is 0 Å². The molecule has 0 spiro atoms. The average molecular weight is 640 g/mol. The van der Waals surface area contributed by atoms with Gasteiger partial charge in [-0.2, -0.15) is 9.67 Å². The summed E-state index contributed by atoms with van der Waals surface area (Å²) in [7, 11) is 2.18. The first-order valence-corrected chi connectivity index (χ1v) is 17.8. The van der Waals surface area contributed by atoms with Gasteiger partial charge < -0.3 is 20.9 Å². The largest absolute Gasteiger partial charge is 0.369 e. The lowest BCUT2D eigenvalue weighted by Gasteiger charge is -2.41. The van der Waals surface area contributed by atoms with E-state index < -0.39 is 0 Å². The zero-order chi connectivity index (χ0) is 31.2. The molecule has 8 rings (SSSR count). The monoisotopic (exact) mass is 639 g/mol. The maximum Gasteiger partial charge on any atom is 0.248 e. The van der Waals surface area contributed by atoms with Crippen LogP contribution in [-0.4, -0.2) is 111 Å². The lowest BCUT2D eigenvalue weighted by molar-refractivity contribution is 0.135. The number of hydrogen-bond donors (Lipinski definition) is 2. The minimum atomic E-state index is 0.283. The molecule has 4 aromatic rings. The first kappa shape index (κ1) is 29.8. The number of benzene rings is 1. The number of hydrogen-bond acceptors (Lipinski definition) is 11. The molecule has 2 saturated carbocycles. The SMILES string of the molecule is Cc1csc2c(-n3nc(Nc4ccc(N5CCN([C@H]6CC7CCC6C7)CC5)cc4)nc3N)nc(/C=C/CN3CCN(C)CC3)nc12. The lowest BCUT2D eigenvalue weighted by Crippen LogP contribution is -2.51. The number of rotatable bonds is 8. The van der Waals surface area contributed by atoms with Crippen molar-refractivity contribution in [3.05, 3.63) is 47.1 Å². The number of likely N-dealkylation sites (N-methyl/N-ethyl adjacent to an activating group) is 1. The molecule has 12 heteroatoms. The van der Waals surface area contributed by atoms with Gasteiger partial charge in [0.05, 0.1) is 10.2 Å². The Morgan fingerprint density at radius 3 is 2.50 bits per heavy atom. The van der Waals surface area contributed by atoms with Crippen molar-refractivity contribution in [1.29, 1.82) is 0 Å². The number of nitrogens with one attached hydrogen (secondary N) is 1. The minimum absolute atomic E-state index is 0.283. The first-order valence-electron chi connectivity index (χ1n) is 16.9. The molecule has 46 heavy (non-hydrogen) atoms. The van der Waals surface area contributed by atoms with E-state index in [9.17, 15) is 0 Å². The van der Waals surface area contributed by atoms with Crippen LogP contribution in [0.15, 0.2) is 35.7 Å². The third-order valence-electron chi connectivity index (χ3n) is 10.6. The zero-order valence-corrected chi connectivity index (χ0v) is 27.8. The van der Waals surface area contributed by atoms with Crippen LogP contribution >= 0.6 is 11.3 Å². The van der Waals surface area contributed by atoms with Crippen LogP contribution in [0.2, 0.25) is 0 Å². The van der Waals surface area contributed by atoms with E-state index in [4.69, 9.17) is 20.8 Å². The number of aryl methyl sites for hydroxylation is 1. The molecular weight excluding hydrogens is 595 g/mol. The maximum absolute atomic E-state index is 6.44. The molecule has 2 bridgehead atoms. The van der Waals surface area contributed by atoms with Gasteiger partial charge in [-0.1, -0.05) is 12.5 Å². The van der Waals surface area contributed by atoms with Crippen molar-refractivity contribution in [3.8, 4) is 5.82 Å². The van der Waals surface area contributed by atoms with E-state index in [1.54, 1.807) is 16.0 Å². The molecule has 3 aromatic heterocycles. The van der Waals surface area contributed by atoms with E-state index in [2.05, 4.69) is 79.6 Å². The highest BCUT2D eigenvalue weighted by atomic mass is 32.1. The summed E-state index contributed by atoms with van der Waals surface area (Å²) in [6, 6.07) is 9.43. The number of fused-ring (bicyclic) bond motifs is 3. The van der Waals surface area contributed by atoms with Gasteiger partial charge in [-0.15, -0.1) is 16.4 Å². The number of anilines is 4. The third kappa shape index (κ3) is 5.99. The Balaban J connectivity index is 0.939. The number of nitrogens with two attached hydrogens (primary N) is 1. The van der Waals surface area contributed by atoms with Crippen molar-refractivity contribution in [2.75, 3.05) is 81.9 Å². The summed E-state index contributed by atoms with van der Waals surface area (Å²) in [4.78, 5) is 24.4. The molecule has 1 aromatic carbocycles. The number of aromatic nitrogens is 5. The Morgan fingerprint density at radius 1 is 0.957 bits per heavy atom. The summed E-state index contributed by atoms with van der Waals surface area (Å²) >= 11 is 1.60. The first-order chi connectivity index (χ1) is 22.5. The van der Waals surface area contributed by atoms with Gasteiger partial charge in [-0.05, 0) is 86.4 Å². The number of piperazine rings is 2. The van der Waals surface area contributed by atoms with Crippen molar-refractivity contribution >= 4 is 50.9 Å². The molecule has 4 fully saturated rings. The molecule has 2 aliphatic carbocycles. The maximum atomic E-state index is 6.44. The lowest BCUT2D eigenvalue weighted by atomic mass is 9.93. The molecule has 2 aliphatic heterocycles. The van der Waals surface area contributed by atoms with Gasteiger partial charge in [-0.3, -0.25) is 9.80 Å². The van der Waals surface area contributed by atoms with E-state index in [1.807, 2.05) is 6.08 Å². The summed E-state index contributed by atoms with van der Waals surface area (Å²) in [5.41, 5.74) is 10.7. The van der Waals surface area contributed by atoms with Crippen LogP contribution < -0.4 is 16.0 Å². The molecule has 3 atom stereocenters. The summed E-state index contributed by atoms with van der Waals surface area (Å²) in [6.45, 7) is 11.8. The topological polar surface area (TPSA) is 108 Å². The quantitative estimate of drug-likeness (QED) is 0.287. The number of thiophene rings is 1. The van der Waals surface area contributed by atoms with E-state index in [-0.39, 0.29) is 5.95 Å². The second-order valence-corrected chi connectivity index (χ2v) is 14.5. The molecular formula is C34H45N11S. The fourth-order valence-electron chi connectivity index (χ4n) is 7.98. The molecule has 0 amide bonds. The highest BCUT2D eigenvalue weighted by Crippen LogP contribution is 2.46. The van der Waals surface area contributed by atoms with Gasteiger partial charge in [0, 0.05) is 76.3 Å². The molecule has 2 saturated heterocycles. The van der Waals surface area contributed by atoms with E-state index in [0.717, 1.165) is 85.2 Å². The molecule has 242 valence electrons. The van der Waals surface area contributed by atoms with Gasteiger partial charge in [0.15, 0.2) is 11.6 Å². The van der Waals surface area contributed by atoms with Crippen LogP contribution in [0.4, 0.5) is 23.3 Å². The summed E-state index contributed by atoms with van der Waals surface area (Å²) in [5, 5.41) is 10.2. The Kier molecular flexibility index (Phi) is 8.13. The third-order valence-corrected chi connectivity index (χ3v) is 11.7. The molecule has 0 radical (unpaired) electrons. The van der Waals surface area contributed by atoms with Crippen LogP contribution in [0, 0.1) is 18.8 Å². The Labute approximate surface area is 275 Å². The van der Waals surface area contributed by atoms with E-state index >= 15 is 0 Å². The highest BCUT2D eigenvalue weighted by Gasteiger charge is 2.42. The molecule has 5 heterocycles. The Hall–Kier alpha value is -3.58. The van der Waals surface area contributed by atoms with Crippen molar-refractivity contribution in [2.24, 2.45) is 11.8 Å². The zero-order valence-electron chi connectivity index (χ0n) is 27.0. The Morgan fingerprint density at radius 2 is 1.76 bits per heavy atom. The fraction of sp³-hybridized carbons (Fsp3) is 0.529. The van der Waals surface area contributed by atoms with Gasteiger partial charge in [0.2, 0.25) is 11.9 Å². The minimum Gasteiger partial charge on any atom is -0.369 e. The predicted molar refractivity (Wildman–Crippen MR) is 187 cm³/mol. The molecule has 3 N–H and O–H groups in total. The number of nitrogen functional groups attached to an aromatic ring is 1. The van der Waals surface area contributed by atoms with Crippen LogP contribution in [0.5, 0.6) is 0 Å². The molecule has 2 unspecified atom stereocenters. The second kappa shape index (κ2) is 12.6. The smallest absolute Gasteiger partial charge is 0.248 e. The van der Waals surface area contributed by atoms with Gasteiger partial charge >= 0.3 is 0 Å². The van der Waals surface area contributed by atoms with E-state index in [0.29, 0.717) is 17.6 Å². The van der Waals surface area contributed by atoms with Crippen LogP contribution in [0.25, 0.3) is 22.1 Å². The fourth-order valence-corrected chi connectivity index (χ4v) is 8.94. The predicted octanol–water partition coefficient (Wildman–Crippen LogP) is 4.48. The number of nitrogens with zero attached hydrogens (tertiary/aromatic N) is 9.